The van der Waals surface area contributed by atoms with Gasteiger partial charge in [0.15, 0.2) is 0 Å². The van der Waals surface area contributed by atoms with Crippen molar-refractivity contribution in [2.24, 2.45) is 0 Å². The Labute approximate surface area is 179 Å². The van der Waals surface area contributed by atoms with Gasteiger partial charge in [-0.25, -0.2) is 4.98 Å². The number of para-hydroxylation sites is 2. The molecular formula is C23H24N4O4. The third-order valence-corrected chi connectivity index (χ3v) is 5.56. The number of fused-ring (bicyclic) bond motifs is 1. The second kappa shape index (κ2) is 8.99. The van der Waals surface area contributed by atoms with Crippen LogP contribution >= 0.6 is 0 Å². The number of piperazine rings is 1. The predicted octanol–water partition coefficient (Wildman–Crippen LogP) is 1.78. The van der Waals surface area contributed by atoms with Crippen molar-refractivity contribution in [1.82, 2.24) is 19.4 Å². The van der Waals surface area contributed by atoms with Gasteiger partial charge < -0.3 is 14.5 Å². The number of benzene rings is 2. The van der Waals surface area contributed by atoms with E-state index in [9.17, 15) is 14.4 Å². The third kappa shape index (κ3) is 4.28. The number of methoxy groups -OCH3 is 1. The van der Waals surface area contributed by atoms with Crippen molar-refractivity contribution in [1.29, 1.82) is 0 Å². The first-order valence-corrected chi connectivity index (χ1v) is 10.2. The number of aromatic nitrogens is 2. The lowest BCUT2D eigenvalue weighted by atomic mass is 10.1. The molecule has 8 nitrogen and oxygen atoms in total. The van der Waals surface area contributed by atoms with E-state index in [4.69, 9.17) is 4.74 Å². The van der Waals surface area contributed by atoms with Gasteiger partial charge in [0.1, 0.15) is 5.75 Å². The first-order chi connectivity index (χ1) is 15.1. The number of ether oxygens (including phenoxy) is 1. The summed E-state index contributed by atoms with van der Waals surface area (Å²) in [5.41, 5.74) is 1.02. The molecule has 2 amide bonds. The molecule has 4 rings (SSSR count). The minimum Gasteiger partial charge on any atom is -0.496 e. The van der Waals surface area contributed by atoms with Gasteiger partial charge in [0.2, 0.25) is 5.91 Å². The van der Waals surface area contributed by atoms with Crippen LogP contribution in [0.4, 0.5) is 0 Å². The molecule has 8 heteroatoms. The van der Waals surface area contributed by atoms with Crippen molar-refractivity contribution in [3.8, 4) is 5.75 Å². The summed E-state index contributed by atoms with van der Waals surface area (Å²) in [5, 5.41) is 0.543. The Hall–Kier alpha value is -3.68. The highest BCUT2D eigenvalue weighted by Crippen LogP contribution is 2.20. The van der Waals surface area contributed by atoms with Crippen LogP contribution in [0.5, 0.6) is 5.75 Å². The number of carbonyl (C=O) groups excluding carboxylic acids is 2. The number of carbonyl (C=O) groups is 2. The highest BCUT2D eigenvalue weighted by Gasteiger charge is 2.26. The average molecular weight is 420 g/mol. The highest BCUT2D eigenvalue weighted by molar-refractivity contribution is 5.97. The first-order valence-electron chi connectivity index (χ1n) is 10.2. The minimum absolute atomic E-state index is 0.0375. The van der Waals surface area contributed by atoms with Crippen molar-refractivity contribution < 1.29 is 14.3 Å². The summed E-state index contributed by atoms with van der Waals surface area (Å²) in [7, 11) is 1.54. The molecule has 3 aromatic rings. The predicted molar refractivity (Wildman–Crippen MR) is 116 cm³/mol. The van der Waals surface area contributed by atoms with E-state index < -0.39 is 0 Å². The monoisotopic (exact) mass is 420 g/mol. The van der Waals surface area contributed by atoms with Crippen LogP contribution in [0.15, 0.2) is 59.7 Å². The fraction of sp³-hybridized carbons (Fsp3) is 0.304. The van der Waals surface area contributed by atoms with Gasteiger partial charge in [0.25, 0.3) is 11.5 Å². The molecule has 1 fully saturated rings. The third-order valence-electron chi connectivity index (χ3n) is 5.56. The molecule has 31 heavy (non-hydrogen) atoms. The summed E-state index contributed by atoms with van der Waals surface area (Å²) < 4.78 is 6.76. The molecule has 0 atom stereocenters. The molecule has 0 bridgehead atoms. The zero-order chi connectivity index (χ0) is 21.8. The Morgan fingerprint density at radius 3 is 2.42 bits per heavy atom. The molecule has 160 valence electrons. The maximum absolute atomic E-state index is 12.8. The van der Waals surface area contributed by atoms with Crippen LogP contribution in [0.25, 0.3) is 10.9 Å². The Bertz CT molecular complexity index is 1170. The zero-order valence-electron chi connectivity index (χ0n) is 17.4. The number of amides is 2. The van der Waals surface area contributed by atoms with Crippen LogP contribution in [-0.4, -0.2) is 64.5 Å². The Kier molecular flexibility index (Phi) is 5.97. The van der Waals surface area contributed by atoms with Gasteiger partial charge in [-0.3, -0.25) is 19.0 Å². The Balaban J connectivity index is 1.34. The van der Waals surface area contributed by atoms with Gasteiger partial charge in [-0.05, 0) is 24.3 Å². The van der Waals surface area contributed by atoms with E-state index >= 15 is 0 Å². The quantitative estimate of drug-likeness (QED) is 0.628. The second-order valence-corrected chi connectivity index (χ2v) is 7.38. The molecule has 1 saturated heterocycles. The summed E-state index contributed by atoms with van der Waals surface area (Å²) in [5.74, 6) is 0.406. The van der Waals surface area contributed by atoms with Gasteiger partial charge >= 0.3 is 0 Å². The Morgan fingerprint density at radius 1 is 0.968 bits per heavy atom. The number of nitrogens with zero attached hydrogens (tertiary/aromatic N) is 4. The van der Waals surface area contributed by atoms with Gasteiger partial charge in [0.05, 0.1) is 29.9 Å². The summed E-state index contributed by atoms with van der Waals surface area (Å²) in [6.45, 7) is 2.12. The van der Waals surface area contributed by atoms with Crippen molar-refractivity contribution in [2.45, 2.75) is 13.0 Å². The number of aryl methyl sites for hydroxylation is 1. The maximum Gasteiger partial charge on any atom is 0.261 e. The lowest BCUT2D eigenvalue weighted by Gasteiger charge is -2.35. The van der Waals surface area contributed by atoms with E-state index in [1.54, 1.807) is 53.3 Å². The van der Waals surface area contributed by atoms with Crippen molar-refractivity contribution in [3.63, 3.8) is 0 Å². The van der Waals surface area contributed by atoms with Crippen LogP contribution in [0.2, 0.25) is 0 Å². The smallest absolute Gasteiger partial charge is 0.261 e. The molecule has 1 aromatic heterocycles. The van der Waals surface area contributed by atoms with Crippen LogP contribution in [0.3, 0.4) is 0 Å². The number of hydrogen-bond donors (Lipinski definition) is 0. The summed E-state index contributed by atoms with van der Waals surface area (Å²) in [6.07, 6.45) is 1.70. The normalized spacial score (nSPS) is 14.0. The molecule has 1 aliphatic heterocycles. The van der Waals surface area contributed by atoms with E-state index in [0.29, 0.717) is 48.4 Å². The van der Waals surface area contributed by atoms with Crippen LogP contribution in [-0.2, 0) is 11.3 Å². The molecule has 0 N–H and O–H groups in total. The number of rotatable bonds is 5. The van der Waals surface area contributed by atoms with Crippen LogP contribution in [0.1, 0.15) is 16.8 Å². The van der Waals surface area contributed by atoms with E-state index in [2.05, 4.69) is 4.98 Å². The van der Waals surface area contributed by atoms with Crippen molar-refractivity contribution in [2.75, 3.05) is 33.3 Å². The van der Waals surface area contributed by atoms with E-state index in [1.165, 1.54) is 10.9 Å². The van der Waals surface area contributed by atoms with Gasteiger partial charge in [-0.15, -0.1) is 0 Å². The fourth-order valence-electron chi connectivity index (χ4n) is 3.79. The Morgan fingerprint density at radius 2 is 1.65 bits per heavy atom. The molecule has 2 heterocycles. The molecule has 0 saturated carbocycles. The SMILES string of the molecule is COc1ccccc1C(=O)N1CCN(C(=O)CCn2cnc3ccccc3c2=O)CC1. The zero-order valence-corrected chi connectivity index (χ0v) is 17.4. The molecule has 1 aliphatic rings. The van der Waals surface area contributed by atoms with Crippen molar-refractivity contribution in [3.05, 3.63) is 70.8 Å². The molecule has 0 aliphatic carbocycles. The molecule has 0 unspecified atom stereocenters. The summed E-state index contributed by atoms with van der Waals surface area (Å²) in [6, 6.07) is 14.3. The second-order valence-electron chi connectivity index (χ2n) is 7.38. The van der Waals surface area contributed by atoms with Gasteiger partial charge in [0, 0.05) is 39.1 Å². The molecule has 0 spiro atoms. The highest BCUT2D eigenvalue weighted by atomic mass is 16.5. The van der Waals surface area contributed by atoms with Gasteiger partial charge in [-0.1, -0.05) is 24.3 Å². The molecule has 2 aromatic carbocycles. The summed E-state index contributed by atoms with van der Waals surface area (Å²) in [4.78, 5) is 45.8. The lowest BCUT2D eigenvalue weighted by Crippen LogP contribution is -2.50. The van der Waals surface area contributed by atoms with Gasteiger partial charge in [-0.2, -0.15) is 0 Å². The maximum atomic E-state index is 12.8. The van der Waals surface area contributed by atoms with E-state index in [0.717, 1.165) is 0 Å². The minimum atomic E-state index is -0.148. The van der Waals surface area contributed by atoms with Crippen LogP contribution < -0.4 is 10.3 Å². The first kappa shape index (κ1) is 20.6. The molecular weight excluding hydrogens is 396 g/mol. The largest absolute Gasteiger partial charge is 0.496 e. The van der Waals surface area contributed by atoms with E-state index in [1.807, 2.05) is 12.1 Å². The standard InChI is InChI=1S/C23H24N4O4/c1-31-20-9-5-3-7-18(20)23(30)26-14-12-25(13-15-26)21(28)10-11-27-16-24-19-8-4-2-6-17(19)22(27)29/h2-9,16H,10-15H2,1H3. The topological polar surface area (TPSA) is 84.7 Å². The fourth-order valence-corrected chi connectivity index (χ4v) is 3.79. The lowest BCUT2D eigenvalue weighted by molar-refractivity contribution is -0.132. The number of hydrogen-bond acceptors (Lipinski definition) is 5. The van der Waals surface area contributed by atoms with Crippen LogP contribution in [0, 0.1) is 0 Å². The van der Waals surface area contributed by atoms with E-state index in [-0.39, 0.29) is 30.3 Å². The summed E-state index contributed by atoms with van der Waals surface area (Å²) >= 11 is 0. The average Bonchev–Trinajstić information content (AvgIpc) is 2.83. The molecule has 0 radical (unpaired) electrons. The van der Waals surface area contributed by atoms with Crippen molar-refractivity contribution >= 4 is 22.7 Å².